The Morgan fingerprint density at radius 3 is 2.63 bits per heavy atom. The molecule has 2 N–H and O–H groups in total. The molecule has 180 valence electrons. The van der Waals surface area contributed by atoms with Gasteiger partial charge in [-0.3, -0.25) is 9.48 Å². The Morgan fingerprint density at radius 2 is 1.97 bits per heavy atom. The van der Waals surface area contributed by atoms with Crippen LogP contribution in [0.1, 0.15) is 29.4 Å². The molecular weight excluding hydrogens is 446 g/mol. The van der Waals surface area contributed by atoms with E-state index in [-0.39, 0.29) is 11.5 Å². The second kappa shape index (κ2) is 9.80. The van der Waals surface area contributed by atoms with Gasteiger partial charge >= 0.3 is 0 Å². The van der Waals surface area contributed by atoms with E-state index in [0.29, 0.717) is 46.6 Å². The normalized spacial score (nSPS) is 10.8. The second-order valence-electron chi connectivity index (χ2n) is 7.95. The van der Waals surface area contributed by atoms with Crippen LogP contribution in [0, 0.1) is 6.92 Å². The summed E-state index contributed by atoms with van der Waals surface area (Å²) in [5.41, 5.74) is 3.10. The van der Waals surface area contributed by atoms with Crippen molar-refractivity contribution >= 4 is 28.8 Å². The molecule has 0 atom stereocenters. The zero-order valence-electron chi connectivity index (χ0n) is 20.3. The third kappa shape index (κ3) is 4.77. The quantitative estimate of drug-likeness (QED) is 0.359. The predicted octanol–water partition coefficient (Wildman–Crippen LogP) is 4.40. The van der Waals surface area contributed by atoms with Crippen LogP contribution < -0.4 is 15.0 Å². The molecule has 0 bridgehead atoms. The third-order valence-corrected chi connectivity index (χ3v) is 5.58. The number of anilines is 4. The van der Waals surface area contributed by atoms with Gasteiger partial charge < -0.3 is 20.1 Å². The molecule has 0 fully saturated rings. The minimum absolute atomic E-state index is 0.0361. The topological polar surface area (TPSA) is 118 Å². The first kappa shape index (κ1) is 23.7. The minimum atomic E-state index is -0.0361. The Balaban J connectivity index is 1.79. The maximum Gasteiger partial charge on any atom is 0.184 e. The molecular formula is C25H27N7O3. The fourth-order valence-electron chi connectivity index (χ4n) is 3.72. The van der Waals surface area contributed by atoms with Crippen molar-refractivity contribution in [1.29, 1.82) is 0 Å². The number of nitrogens with one attached hydrogen (secondary N) is 1. The summed E-state index contributed by atoms with van der Waals surface area (Å²) in [6, 6.07) is 10.7. The zero-order chi connectivity index (χ0) is 25.1. The highest BCUT2D eigenvalue weighted by Crippen LogP contribution is 2.40. The molecule has 0 spiro atoms. The molecule has 1 aromatic carbocycles. The number of hydrogen-bond acceptors (Lipinski definition) is 9. The monoisotopic (exact) mass is 473 g/mol. The number of pyridine rings is 2. The van der Waals surface area contributed by atoms with Gasteiger partial charge in [-0.1, -0.05) is 13.0 Å². The van der Waals surface area contributed by atoms with Gasteiger partial charge in [0, 0.05) is 32.8 Å². The summed E-state index contributed by atoms with van der Waals surface area (Å²) < 4.78 is 7.41. The average Bonchev–Trinajstić information content (AvgIpc) is 3.30. The van der Waals surface area contributed by atoms with Crippen LogP contribution in [0.3, 0.4) is 0 Å². The highest BCUT2D eigenvalue weighted by atomic mass is 16.5. The van der Waals surface area contributed by atoms with Crippen molar-refractivity contribution < 1.29 is 14.6 Å². The first-order chi connectivity index (χ1) is 16.8. The van der Waals surface area contributed by atoms with Gasteiger partial charge in [0.15, 0.2) is 17.4 Å². The fourth-order valence-corrected chi connectivity index (χ4v) is 3.72. The summed E-state index contributed by atoms with van der Waals surface area (Å²) >= 11 is 0. The van der Waals surface area contributed by atoms with Crippen LogP contribution in [0.25, 0.3) is 11.4 Å². The average molecular weight is 474 g/mol. The number of ether oxygens (including phenoxy) is 1. The Kier molecular flexibility index (Phi) is 6.63. The molecule has 4 aromatic rings. The molecule has 3 heterocycles. The lowest BCUT2D eigenvalue weighted by atomic mass is 10.1. The van der Waals surface area contributed by atoms with Crippen molar-refractivity contribution in [3.8, 4) is 22.9 Å². The predicted molar refractivity (Wildman–Crippen MR) is 134 cm³/mol. The molecule has 0 radical (unpaired) electrons. The van der Waals surface area contributed by atoms with E-state index in [1.807, 2.05) is 37.1 Å². The number of hydrogen-bond donors (Lipinski definition) is 2. The van der Waals surface area contributed by atoms with Crippen LogP contribution in [0.15, 0.2) is 48.9 Å². The molecule has 0 aliphatic rings. The van der Waals surface area contributed by atoms with E-state index in [1.54, 1.807) is 56.5 Å². The van der Waals surface area contributed by atoms with Crippen molar-refractivity contribution in [2.24, 2.45) is 7.05 Å². The van der Waals surface area contributed by atoms with Crippen molar-refractivity contribution in [2.45, 2.75) is 20.3 Å². The Labute approximate surface area is 203 Å². The van der Waals surface area contributed by atoms with E-state index in [1.165, 1.54) is 0 Å². The smallest absolute Gasteiger partial charge is 0.184 e. The number of rotatable bonds is 8. The lowest BCUT2D eigenvalue weighted by Gasteiger charge is -2.25. The molecule has 0 amide bonds. The lowest BCUT2D eigenvalue weighted by molar-refractivity contribution is 0.0988. The van der Waals surface area contributed by atoms with E-state index in [0.717, 1.165) is 11.3 Å². The Bertz CT molecular complexity index is 1380. The van der Waals surface area contributed by atoms with Gasteiger partial charge in [-0.15, -0.1) is 0 Å². The summed E-state index contributed by atoms with van der Waals surface area (Å²) in [6.45, 7) is 3.53. The highest BCUT2D eigenvalue weighted by molar-refractivity contribution is 6.02. The lowest BCUT2D eigenvalue weighted by Crippen LogP contribution is -2.16. The number of aryl methyl sites for hydroxylation is 2. The van der Waals surface area contributed by atoms with Crippen LogP contribution in [0.2, 0.25) is 0 Å². The first-order valence-electron chi connectivity index (χ1n) is 11.1. The summed E-state index contributed by atoms with van der Waals surface area (Å²) in [7, 11) is 5.26. The number of benzene rings is 1. The van der Waals surface area contributed by atoms with Crippen molar-refractivity contribution in [1.82, 2.24) is 24.7 Å². The number of carbonyl (C=O) groups excluding carboxylic acids is 1. The number of ketones is 1. The number of aromatic hydroxyl groups is 1. The van der Waals surface area contributed by atoms with E-state index >= 15 is 0 Å². The van der Waals surface area contributed by atoms with Crippen LogP contribution >= 0.6 is 0 Å². The second-order valence-corrected chi connectivity index (χ2v) is 7.95. The van der Waals surface area contributed by atoms with Crippen LogP contribution in [-0.4, -0.2) is 49.8 Å². The van der Waals surface area contributed by atoms with Crippen molar-refractivity contribution in [3.63, 3.8) is 0 Å². The van der Waals surface area contributed by atoms with Gasteiger partial charge in [-0.25, -0.2) is 15.0 Å². The zero-order valence-corrected chi connectivity index (χ0v) is 20.3. The first-order valence-corrected chi connectivity index (χ1v) is 11.1. The van der Waals surface area contributed by atoms with E-state index in [4.69, 9.17) is 4.74 Å². The molecule has 35 heavy (non-hydrogen) atoms. The van der Waals surface area contributed by atoms with Gasteiger partial charge in [0.05, 0.1) is 35.3 Å². The summed E-state index contributed by atoms with van der Waals surface area (Å²) in [4.78, 5) is 27.8. The number of carbonyl (C=O) groups is 1. The van der Waals surface area contributed by atoms with Crippen molar-refractivity contribution in [3.05, 3.63) is 60.2 Å². The summed E-state index contributed by atoms with van der Waals surface area (Å²) in [5, 5.41) is 17.3. The molecule has 10 nitrogen and oxygen atoms in total. The van der Waals surface area contributed by atoms with Crippen LogP contribution in [0.5, 0.6) is 11.5 Å². The van der Waals surface area contributed by atoms with Gasteiger partial charge in [-0.2, -0.15) is 5.10 Å². The molecule has 0 unspecified atom stereocenters. The molecule has 0 saturated carbocycles. The maximum atomic E-state index is 12.8. The van der Waals surface area contributed by atoms with Gasteiger partial charge in [0.25, 0.3) is 0 Å². The molecule has 0 saturated heterocycles. The largest absolute Gasteiger partial charge is 0.506 e. The van der Waals surface area contributed by atoms with Crippen LogP contribution in [0.4, 0.5) is 23.0 Å². The van der Waals surface area contributed by atoms with E-state index < -0.39 is 0 Å². The molecule has 0 aliphatic heterocycles. The molecule has 3 aromatic heterocycles. The number of Topliss-reactive ketones (excluding diaryl/α,β-unsaturated/α-hetero) is 1. The summed E-state index contributed by atoms with van der Waals surface area (Å²) in [5.74, 6) is 2.22. The van der Waals surface area contributed by atoms with Gasteiger partial charge in [0.2, 0.25) is 0 Å². The number of aromatic nitrogens is 5. The van der Waals surface area contributed by atoms with E-state index in [2.05, 4.69) is 25.4 Å². The summed E-state index contributed by atoms with van der Waals surface area (Å²) in [6.07, 6.45) is 3.52. The number of para-hydroxylation sites is 1. The van der Waals surface area contributed by atoms with Gasteiger partial charge in [0.1, 0.15) is 23.7 Å². The standard InChI is InChI=1S/C25H27N7O3/c1-6-20(33)17-13-26-23(29-22-11-10-21(34)15(2)28-22)12-19(17)32(4)18-9-7-8-16(24(18)35-5)25-27-14-31(3)30-25/h7-14,34H,6H2,1-5H3,(H,26,28,29). The maximum absolute atomic E-state index is 12.8. The highest BCUT2D eigenvalue weighted by Gasteiger charge is 2.22. The molecule has 4 rings (SSSR count). The SMILES string of the molecule is CCC(=O)c1cnc(Nc2ccc(O)c(C)n2)cc1N(C)c1cccc(-c2ncn(C)n2)c1OC. The fraction of sp³-hybridized carbons (Fsp3) is 0.240. The number of nitrogens with zero attached hydrogens (tertiary/aromatic N) is 6. The Hall–Kier alpha value is -4.47. The van der Waals surface area contributed by atoms with Crippen molar-refractivity contribution in [2.75, 3.05) is 24.4 Å². The Morgan fingerprint density at radius 1 is 1.17 bits per heavy atom. The third-order valence-electron chi connectivity index (χ3n) is 5.58. The number of methoxy groups -OCH3 is 1. The van der Waals surface area contributed by atoms with E-state index in [9.17, 15) is 9.90 Å². The molecule has 0 aliphatic carbocycles. The molecule has 10 heteroatoms. The van der Waals surface area contributed by atoms with Gasteiger partial charge in [-0.05, 0) is 31.2 Å². The van der Waals surface area contributed by atoms with Crippen LogP contribution in [-0.2, 0) is 7.05 Å². The minimum Gasteiger partial charge on any atom is -0.506 e.